The number of thiocarbonyl (C=S) groups is 1. The number of carbonyl (C=O) groups is 1. The zero-order valence-corrected chi connectivity index (χ0v) is 19.2. The van der Waals surface area contributed by atoms with Crippen LogP contribution in [0.3, 0.4) is 0 Å². The third-order valence-electron chi connectivity index (χ3n) is 4.70. The Labute approximate surface area is 198 Å². The SMILES string of the molecule is O=C1/C(=C/c2cccc(OCc3ccccc3)c2)SC(=S)N1Nc1nc2ccccc2s1. The Balaban J connectivity index is 1.30. The van der Waals surface area contributed by atoms with Gasteiger partial charge >= 0.3 is 0 Å². The molecule has 5 rings (SSSR count). The highest BCUT2D eigenvalue weighted by Crippen LogP contribution is 2.34. The number of hydrogen-bond acceptors (Lipinski definition) is 7. The molecule has 1 fully saturated rings. The van der Waals surface area contributed by atoms with Crippen molar-refractivity contribution in [1.29, 1.82) is 0 Å². The third-order valence-corrected chi connectivity index (χ3v) is 6.94. The number of carbonyl (C=O) groups excluding carboxylic acids is 1. The van der Waals surface area contributed by atoms with Crippen LogP contribution in [0.15, 0.2) is 83.8 Å². The predicted molar refractivity (Wildman–Crippen MR) is 135 cm³/mol. The van der Waals surface area contributed by atoms with E-state index >= 15 is 0 Å². The molecular formula is C24H17N3O2S3. The van der Waals surface area contributed by atoms with Crippen LogP contribution in [-0.4, -0.2) is 20.2 Å². The molecule has 2 heterocycles. The second-order valence-corrected chi connectivity index (χ2v) is 9.67. The second-order valence-electron chi connectivity index (χ2n) is 6.96. The molecule has 0 aliphatic carbocycles. The molecule has 1 aromatic heterocycles. The van der Waals surface area contributed by atoms with Crippen molar-refractivity contribution >= 4 is 67.0 Å². The zero-order chi connectivity index (χ0) is 21.9. The number of benzene rings is 3. The van der Waals surface area contributed by atoms with E-state index in [2.05, 4.69) is 10.4 Å². The maximum atomic E-state index is 13.0. The van der Waals surface area contributed by atoms with Crippen molar-refractivity contribution in [3.8, 4) is 5.75 Å². The molecule has 0 saturated carbocycles. The van der Waals surface area contributed by atoms with Crippen LogP contribution in [0.2, 0.25) is 0 Å². The molecule has 0 spiro atoms. The highest BCUT2D eigenvalue weighted by Gasteiger charge is 2.33. The lowest BCUT2D eigenvalue weighted by Crippen LogP contribution is -2.33. The van der Waals surface area contributed by atoms with E-state index in [4.69, 9.17) is 17.0 Å². The Morgan fingerprint density at radius 1 is 1.03 bits per heavy atom. The highest BCUT2D eigenvalue weighted by atomic mass is 32.2. The number of aromatic nitrogens is 1. The van der Waals surface area contributed by atoms with E-state index in [0.29, 0.717) is 21.0 Å². The van der Waals surface area contributed by atoms with E-state index in [1.54, 1.807) is 0 Å². The fraction of sp³-hybridized carbons (Fsp3) is 0.0417. The van der Waals surface area contributed by atoms with Gasteiger partial charge in [0.05, 0.1) is 15.1 Å². The summed E-state index contributed by atoms with van der Waals surface area (Å²) >= 11 is 8.17. The normalized spacial score (nSPS) is 15.0. The lowest BCUT2D eigenvalue weighted by atomic mass is 10.2. The number of hydrazine groups is 1. The molecule has 4 aromatic rings. The van der Waals surface area contributed by atoms with Gasteiger partial charge in [-0.25, -0.2) is 4.98 Å². The van der Waals surface area contributed by atoms with Crippen LogP contribution in [0.25, 0.3) is 16.3 Å². The van der Waals surface area contributed by atoms with E-state index in [0.717, 1.165) is 27.1 Å². The minimum atomic E-state index is -0.199. The Morgan fingerprint density at radius 2 is 1.84 bits per heavy atom. The van der Waals surface area contributed by atoms with Crippen LogP contribution in [-0.2, 0) is 11.4 Å². The van der Waals surface area contributed by atoms with Gasteiger partial charge in [-0.05, 0) is 53.7 Å². The molecule has 5 nitrogen and oxygen atoms in total. The number of nitrogens with zero attached hydrogens (tertiary/aromatic N) is 2. The van der Waals surface area contributed by atoms with Gasteiger partial charge in [0, 0.05) is 0 Å². The van der Waals surface area contributed by atoms with Gasteiger partial charge in [-0.1, -0.05) is 77.7 Å². The van der Waals surface area contributed by atoms with Crippen molar-refractivity contribution < 1.29 is 9.53 Å². The molecule has 1 amide bonds. The molecule has 1 aliphatic heterocycles. The number of ether oxygens (including phenoxy) is 1. The monoisotopic (exact) mass is 475 g/mol. The number of para-hydroxylation sites is 1. The summed E-state index contributed by atoms with van der Waals surface area (Å²) in [6, 6.07) is 25.5. The largest absolute Gasteiger partial charge is 0.489 e. The smallest absolute Gasteiger partial charge is 0.285 e. The lowest BCUT2D eigenvalue weighted by molar-refractivity contribution is -0.121. The van der Waals surface area contributed by atoms with E-state index in [1.807, 2.05) is 84.9 Å². The fourth-order valence-corrected chi connectivity index (χ4v) is 5.20. The van der Waals surface area contributed by atoms with E-state index in [9.17, 15) is 4.79 Å². The average Bonchev–Trinajstić information content (AvgIpc) is 3.34. The standard InChI is InChI=1S/C24H17N3O2S3/c28-22-21(14-17-9-6-10-18(13-17)29-15-16-7-2-1-3-8-16)32-24(30)27(22)26-23-25-19-11-4-5-12-20(19)31-23/h1-14H,15H2,(H,25,26)/b21-14-. The van der Waals surface area contributed by atoms with Gasteiger partial charge in [0.15, 0.2) is 4.32 Å². The topological polar surface area (TPSA) is 54.5 Å². The minimum Gasteiger partial charge on any atom is -0.489 e. The van der Waals surface area contributed by atoms with Gasteiger partial charge in [0.1, 0.15) is 12.4 Å². The van der Waals surface area contributed by atoms with Crippen molar-refractivity contribution in [3.05, 3.63) is 94.9 Å². The van der Waals surface area contributed by atoms with Gasteiger partial charge < -0.3 is 4.74 Å². The molecule has 0 unspecified atom stereocenters. The van der Waals surface area contributed by atoms with Gasteiger partial charge in [-0.2, -0.15) is 5.01 Å². The predicted octanol–water partition coefficient (Wildman–Crippen LogP) is 6.10. The summed E-state index contributed by atoms with van der Waals surface area (Å²) in [7, 11) is 0. The van der Waals surface area contributed by atoms with Gasteiger partial charge in [0.25, 0.3) is 5.91 Å². The summed E-state index contributed by atoms with van der Waals surface area (Å²) < 4.78 is 7.38. The maximum absolute atomic E-state index is 13.0. The van der Waals surface area contributed by atoms with Crippen LogP contribution in [0.5, 0.6) is 5.75 Å². The molecule has 1 saturated heterocycles. The first-order chi connectivity index (χ1) is 15.7. The first-order valence-corrected chi connectivity index (χ1v) is 11.9. The zero-order valence-electron chi connectivity index (χ0n) is 16.7. The fourth-order valence-electron chi connectivity index (χ4n) is 3.17. The first kappa shape index (κ1) is 20.7. The molecule has 0 radical (unpaired) electrons. The summed E-state index contributed by atoms with van der Waals surface area (Å²) in [6.45, 7) is 0.485. The Morgan fingerprint density at radius 3 is 2.69 bits per heavy atom. The molecule has 8 heteroatoms. The summed E-state index contributed by atoms with van der Waals surface area (Å²) in [5.41, 5.74) is 5.91. The van der Waals surface area contributed by atoms with Crippen molar-refractivity contribution in [2.24, 2.45) is 0 Å². The molecule has 1 N–H and O–H groups in total. The van der Waals surface area contributed by atoms with Crippen LogP contribution >= 0.6 is 35.3 Å². The Kier molecular flexibility index (Phi) is 5.89. The number of fused-ring (bicyclic) bond motifs is 1. The highest BCUT2D eigenvalue weighted by molar-refractivity contribution is 8.26. The van der Waals surface area contributed by atoms with E-state index in [-0.39, 0.29) is 5.91 Å². The number of thioether (sulfide) groups is 1. The quantitative estimate of drug-likeness (QED) is 0.268. The second kappa shape index (κ2) is 9.12. The number of hydrogen-bond donors (Lipinski definition) is 1. The molecule has 0 bridgehead atoms. The summed E-state index contributed by atoms with van der Waals surface area (Å²) in [6.07, 6.45) is 1.83. The number of rotatable bonds is 6. The number of thiazole rings is 1. The Bertz CT molecular complexity index is 1300. The number of amides is 1. The summed E-state index contributed by atoms with van der Waals surface area (Å²) in [5.74, 6) is 0.542. The van der Waals surface area contributed by atoms with Crippen LogP contribution in [0.4, 0.5) is 5.13 Å². The van der Waals surface area contributed by atoms with Gasteiger partial charge in [0.2, 0.25) is 5.13 Å². The van der Waals surface area contributed by atoms with Crippen LogP contribution in [0, 0.1) is 0 Å². The molecule has 0 atom stereocenters. The summed E-state index contributed by atoms with van der Waals surface area (Å²) in [5, 5.41) is 2.00. The average molecular weight is 476 g/mol. The van der Waals surface area contributed by atoms with Gasteiger partial charge in [-0.3, -0.25) is 10.2 Å². The third kappa shape index (κ3) is 4.52. The van der Waals surface area contributed by atoms with Crippen LogP contribution < -0.4 is 10.2 Å². The number of anilines is 1. The molecule has 1 aliphatic rings. The summed E-state index contributed by atoms with van der Waals surface area (Å²) in [4.78, 5) is 18.0. The van der Waals surface area contributed by atoms with Crippen molar-refractivity contribution in [3.63, 3.8) is 0 Å². The molecular weight excluding hydrogens is 458 g/mol. The van der Waals surface area contributed by atoms with Crippen molar-refractivity contribution in [2.75, 3.05) is 5.43 Å². The lowest BCUT2D eigenvalue weighted by Gasteiger charge is -2.14. The van der Waals surface area contributed by atoms with E-state index < -0.39 is 0 Å². The molecule has 3 aromatic carbocycles. The minimum absolute atomic E-state index is 0.199. The Hall–Kier alpha value is -3.20. The van der Waals surface area contributed by atoms with Gasteiger partial charge in [-0.15, -0.1) is 0 Å². The maximum Gasteiger partial charge on any atom is 0.285 e. The molecule has 32 heavy (non-hydrogen) atoms. The van der Waals surface area contributed by atoms with E-state index in [1.165, 1.54) is 28.1 Å². The van der Waals surface area contributed by atoms with Crippen molar-refractivity contribution in [1.82, 2.24) is 9.99 Å². The van der Waals surface area contributed by atoms with Crippen molar-refractivity contribution in [2.45, 2.75) is 6.61 Å². The first-order valence-electron chi connectivity index (χ1n) is 9.83. The molecule has 158 valence electrons. The van der Waals surface area contributed by atoms with Crippen LogP contribution in [0.1, 0.15) is 11.1 Å². The number of nitrogens with one attached hydrogen (secondary N) is 1.